The second-order valence-corrected chi connectivity index (χ2v) is 25.2. The SMILES string of the molecule is CC(C)(C)c1cc(/C2=C/C=C\N/C=C\C=C/[B]2)c(N2CN(c3cc(Oc4ccc5c6cc(C(C)(C)C)ccc6n(-c6cc(C(C)(c7ccccc7)c7ccccc7)ccn6)c5c4)cc(-c4ccccc4)c3)c3ccccc32)c(/C2=C/C=C\N/C=C\C=C/[B]2)c1. The van der Waals surface area contributed by atoms with E-state index in [1.165, 1.54) is 27.6 Å². The van der Waals surface area contributed by atoms with Crippen LogP contribution in [0.2, 0.25) is 0 Å². The Morgan fingerprint density at radius 2 is 1.02 bits per heavy atom. The van der Waals surface area contributed by atoms with E-state index in [-0.39, 0.29) is 10.8 Å². The average Bonchev–Trinajstić information content (AvgIpc) is 1.78. The summed E-state index contributed by atoms with van der Waals surface area (Å²) in [5, 5.41) is 8.88. The van der Waals surface area contributed by atoms with Crippen molar-refractivity contribution in [1.82, 2.24) is 20.2 Å². The van der Waals surface area contributed by atoms with E-state index in [1.807, 2.05) is 43.1 Å². The van der Waals surface area contributed by atoms with Gasteiger partial charge in [0, 0.05) is 65.0 Å². The first kappa shape index (κ1) is 57.8. The highest BCUT2D eigenvalue weighted by Crippen LogP contribution is 2.51. The smallest absolute Gasteiger partial charge is 0.182 e. The van der Waals surface area contributed by atoms with Crippen LogP contribution in [0.4, 0.5) is 22.7 Å². The molecule has 9 heteroatoms. The van der Waals surface area contributed by atoms with Gasteiger partial charge in [-0.05, 0) is 165 Å². The number of anilines is 4. The molecule has 8 aromatic carbocycles. The number of para-hydroxylation sites is 2. The highest BCUT2D eigenvalue weighted by molar-refractivity contribution is 6.67. The molecule has 0 aliphatic carbocycles. The molecule has 0 fully saturated rings. The summed E-state index contributed by atoms with van der Waals surface area (Å²) in [7, 11) is 4.45. The van der Waals surface area contributed by atoms with Crippen LogP contribution in [0.25, 0.3) is 49.7 Å². The van der Waals surface area contributed by atoms with Gasteiger partial charge in [0.05, 0.1) is 28.1 Å². The summed E-state index contributed by atoms with van der Waals surface area (Å²) < 4.78 is 9.61. The van der Waals surface area contributed by atoms with Crippen molar-refractivity contribution < 1.29 is 4.74 Å². The molecule has 0 saturated heterocycles. The predicted octanol–water partition coefficient (Wildman–Crippen LogP) is 19.2. The second kappa shape index (κ2) is 24.5. The zero-order valence-electron chi connectivity index (χ0n) is 51.7. The van der Waals surface area contributed by atoms with Crippen molar-refractivity contribution in [3.05, 3.63) is 325 Å². The molecule has 0 saturated carbocycles. The Bertz CT molecular complexity index is 4420. The zero-order chi connectivity index (χ0) is 61.1. The number of pyridine rings is 1. The lowest BCUT2D eigenvalue weighted by atomic mass is 9.62. The van der Waals surface area contributed by atoms with Crippen LogP contribution < -0.4 is 25.2 Å². The van der Waals surface area contributed by atoms with E-state index in [1.54, 1.807) is 0 Å². The van der Waals surface area contributed by atoms with Gasteiger partial charge < -0.3 is 25.2 Å². The van der Waals surface area contributed by atoms with E-state index in [0.29, 0.717) is 12.4 Å². The van der Waals surface area contributed by atoms with Crippen molar-refractivity contribution in [2.75, 3.05) is 16.5 Å². The Morgan fingerprint density at radius 1 is 0.438 bits per heavy atom. The molecule has 13 rings (SSSR count). The minimum absolute atomic E-state index is 0.0595. The fraction of sp³-hybridized carbons (Fsp3) is 0.138. The van der Waals surface area contributed by atoms with Gasteiger partial charge in [-0.1, -0.05) is 186 Å². The van der Waals surface area contributed by atoms with E-state index in [2.05, 4.69) is 331 Å². The van der Waals surface area contributed by atoms with Crippen LogP contribution >= 0.6 is 0 Å². The van der Waals surface area contributed by atoms with Crippen LogP contribution in [0.15, 0.2) is 286 Å². The maximum atomic E-state index is 7.29. The second-order valence-electron chi connectivity index (χ2n) is 25.2. The number of ether oxygens (including phenoxy) is 1. The summed E-state index contributed by atoms with van der Waals surface area (Å²) in [5.41, 5.74) is 18.3. The summed E-state index contributed by atoms with van der Waals surface area (Å²) >= 11 is 0. The first-order valence-corrected chi connectivity index (χ1v) is 30.8. The third-order valence-electron chi connectivity index (χ3n) is 17.3. The topological polar surface area (TPSA) is 57.6 Å². The number of fused-ring (bicyclic) bond motifs is 4. The number of benzene rings is 8. The molecule has 0 amide bonds. The predicted molar refractivity (Wildman–Crippen MR) is 377 cm³/mol. The minimum atomic E-state index is -0.467. The van der Waals surface area contributed by atoms with Gasteiger partial charge in [0.25, 0.3) is 0 Å². The van der Waals surface area contributed by atoms with Crippen LogP contribution in [0.3, 0.4) is 0 Å². The quantitative estimate of drug-likeness (QED) is 0.126. The molecule has 3 aliphatic heterocycles. The highest BCUT2D eigenvalue weighted by atomic mass is 16.5. The fourth-order valence-electron chi connectivity index (χ4n) is 12.5. The summed E-state index contributed by atoms with van der Waals surface area (Å²) in [5.74, 6) is 6.52. The van der Waals surface area contributed by atoms with E-state index in [9.17, 15) is 0 Å². The summed E-state index contributed by atoms with van der Waals surface area (Å²) in [6.07, 6.45) is 26.5. The highest BCUT2D eigenvalue weighted by Gasteiger charge is 2.35. The zero-order valence-corrected chi connectivity index (χ0v) is 51.7. The number of allylic oxidation sites excluding steroid dienone is 8. The van der Waals surface area contributed by atoms with E-state index in [0.717, 1.165) is 89.5 Å². The number of aromatic nitrogens is 2. The fourth-order valence-corrected chi connectivity index (χ4v) is 12.5. The Labute approximate surface area is 526 Å². The Morgan fingerprint density at radius 3 is 1.64 bits per heavy atom. The molecule has 3 aliphatic rings. The number of hydrogen-bond acceptors (Lipinski definition) is 6. The molecule has 0 bridgehead atoms. The molecule has 10 aromatic rings. The molecule has 2 aromatic heterocycles. The molecule has 7 nitrogen and oxygen atoms in total. The average molecular weight is 1160 g/mol. The lowest BCUT2D eigenvalue weighted by Gasteiger charge is -2.32. The summed E-state index contributed by atoms with van der Waals surface area (Å²) in [6, 6.07) is 70.4. The standard InChI is InChI=1S/C80H72B2N6O/c1-78(2,3)60-35-38-72-67(49-60)66-37-36-64(54-75(66)88(72)76-52-61(39-46-85-76)80(7,58-27-13-9-14-28-58)59-29-15-10-16-30-59)89-65-48-57(56-25-11-8-12-26-56)47-63(53-65)86-55-87(74-34-18-17-33-73(74)86)77-68(70-31-23-44-83-42-21-19-40-81-70)50-62(79(4,5)6)51-69(77)71-32-24-45-84-43-22-20-41-82-71/h8-54,83-84H,55H2,1-7H3/b40-19-,41-20-,42-21-,43-22-,44-23-,45-24-,70-31-,71-32-. The van der Waals surface area contributed by atoms with Crippen molar-refractivity contribution in [1.29, 1.82) is 0 Å². The van der Waals surface area contributed by atoms with Crippen molar-refractivity contribution in [2.45, 2.75) is 64.7 Å². The Hall–Kier alpha value is -10.2. The maximum absolute atomic E-state index is 7.29. The molecule has 0 atom stereocenters. The van der Waals surface area contributed by atoms with Crippen molar-refractivity contribution in [3.63, 3.8) is 0 Å². The van der Waals surface area contributed by atoms with Gasteiger partial charge >= 0.3 is 0 Å². The molecular weight excluding hydrogens is 1080 g/mol. The molecule has 2 radical (unpaired) electrons. The van der Waals surface area contributed by atoms with Gasteiger partial charge in [-0.15, -0.1) is 12.0 Å². The van der Waals surface area contributed by atoms with Crippen LogP contribution in [-0.2, 0) is 16.2 Å². The first-order chi connectivity index (χ1) is 43.3. The van der Waals surface area contributed by atoms with Crippen LogP contribution in [-0.4, -0.2) is 30.8 Å². The monoisotopic (exact) mass is 1150 g/mol. The number of rotatable bonds is 11. The summed E-state index contributed by atoms with van der Waals surface area (Å²) in [6.45, 7) is 16.6. The number of nitrogens with zero attached hydrogens (tertiary/aromatic N) is 4. The molecular formula is C80H72B2N6O. The molecule has 5 heterocycles. The van der Waals surface area contributed by atoms with E-state index in [4.69, 9.17) is 9.72 Å². The van der Waals surface area contributed by atoms with Crippen molar-refractivity contribution in [2.24, 2.45) is 0 Å². The van der Waals surface area contributed by atoms with Gasteiger partial charge in [-0.2, -0.15) is 0 Å². The van der Waals surface area contributed by atoms with Gasteiger partial charge in [0.1, 0.15) is 24.0 Å². The Kier molecular flexibility index (Phi) is 15.9. The molecule has 89 heavy (non-hydrogen) atoms. The van der Waals surface area contributed by atoms with Crippen molar-refractivity contribution in [3.8, 4) is 28.4 Å². The van der Waals surface area contributed by atoms with Crippen LogP contribution in [0.1, 0.15) is 87.4 Å². The van der Waals surface area contributed by atoms with Crippen LogP contribution in [0, 0.1) is 0 Å². The van der Waals surface area contributed by atoms with E-state index < -0.39 is 5.41 Å². The van der Waals surface area contributed by atoms with Crippen LogP contribution in [0.5, 0.6) is 11.5 Å². The third kappa shape index (κ3) is 11.8. The minimum Gasteiger partial charge on any atom is -0.457 e. The largest absolute Gasteiger partial charge is 0.457 e. The molecule has 2 N–H and O–H groups in total. The van der Waals surface area contributed by atoms with Gasteiger partial charge in [0.2, 0.25) is 0 Å². The Balaban J connectivity index is 0.960. The van der Waals surface area contributed by atoms with E-state index >= 15 is 0 Å². The van der Waals surface area contributed by atoms with Gasteiger partial charge in [0.15, 0.2) is 14.6 Å². The summed E-state index contributed by atoms with van der Waals surface area (Å²) in [4.78, 5) is 10.1. The molecule has 0 spiro atoms. The van der Waals surface area contributed by atoms with Gasteiger partial charge in [-0.25, -0.2) is 4.98 Å². The van der Waals surface area contributed by atoms with Crippen molar-refractivity contribution >= 4 is 70.1 Å². The van der Waals surface area contributed by atoms with Gasteiger partial charge in [-0.3, -0.25) is 4.57 Å². The third-order valence-corrected chi connectivity index (χ3v) is 17.3. The number of nitrogens with one attached hydrogen (secondary N) is 2. The first-order valence-electron chi connectivity index (χ1n) is 30.8. The molecule has 0 unspecified atom stereocenters. The normalized spacial score (nSPS) is 17.7. The maximum Gasteiger partial charge on any atom is 0.182 e. The lowest BCUT2D eigenvalue weighted by molar-refractivity contribution is 0.483. The lowest BCUT2D eigenvalue weighted by Crippen LogP contribution is -2.26. The molecule has 434 valence electrons. The number of hydrogen-bond donors (Lipinski definition) is 2.